The zero-order chi connectivity index (χ0) is 27.1. The Morgan fingerprint density at radius 2 is 1.92 bits per heavy atom. The molecule has 202 valence electrons. The van der Waals surface area contributed by atoms with E-state index in [1.807, 2.05) is 18.0 Å². The number of anilines is 2. The summed E-state index contributed by atoms with van der Waals surface area (Å²) in [6.07, 6.45) is 4.93. The van der Waals surface area contributed by atoms with Crippen LogP contribution in [-0.2, 0) is 10.4 Å². The molecule has 2 aliphatic rings. The van der Waals surface area contributed by atoms with Crippen LogP contribution in [0.1, 0.15) is 24.6 Å². The van der Waals surface area contributed by atoms with E-state index in [1.165, 1.54) is 4.90 Å². The second kappa shape index (κ2) is 9.82. The molecular formula is C26H28FN9O3. The van der Waals surface area contributed by atoms with Crippen LogP contribution < -0.4 is 5.32 Å². The standard InChI is InChI=1S/C26H28FN9O3/c1-34-10-7-22(17(27)15-34)36-14-16(13-29-36)30-25-28-9-6-20(32-25)18-4-3-5-19(31-18)21-12-23(39-33-21)26(38)8-11-35(2)24(26)37/h3-6,9,12-14,17,22,38H,7-8,10-11,15H2,1-2H3,(H,28,30,32)/t17-,22-,26?/m0/s1. The highest BCUT2D eigenvalue weighted by Crippen LogP contribution is 2.34. The first kappa shape index (κ1) is 25.1. The van der Waals surface area contributed by atoms with Gasteiger partial charge >= 0.3 is 0 Å². The van der Waals surface area contributed by atoms with Gasteiger partial charge in [0.25, 0.3) is 5.91 Å². The number of likely N-dealkylation sites (tertiary alicyclic amines) is 2. The fraction of sp³-hybridized carbons (Fsp3) is 0.385. The van der Waals surface area contributed by atoms with Crippen molar-refractivity contribution in [1.29, 1.82) is 0 Å². The van der Waals surface area contributed by atoms with E-state index in [2.05, 4.69) is 30.5 Å². The Labute approximate surface area is 223 Å². The Morgan fingerprint density at radius 3 is 2.69 bits per heavy atom. The predicted molar refractivity (Wildman–Crippen MR) is 138 cm³/mol. The number of likely N-dealkylation sites (N-methyl/N-ethyl adjacent to an activating group) is 1. The van der Waals surface area contributed by atoms with Gasteiger partial charge in [0.15, 0.2) is 5.76 Å². The minimum absolute atomic E-state index is 0.0902. The van der Waals surface area contributed by atoms with Crippen molar-refractivity contribution in [2.75, 3.05) is 39.0 Å². The van der Waals surface area contributed by atoms with Crippen molar-refractivity contribution in [3.8, 4) is 22.8 Å². The zero-order valence-electron chi connectivity index (χ0n) is 21.5. The maximum atomic E-state index is 14.6. The summed E-state index contributed by atoms with van der Waals surface area (Å²) in [5.41, 5.74) is 0.953. The first-order valence-electron chi connectivity index (χ1n) is 12.7. The van der Waals surface area contributed by atoms with E-state index >= 15 is 0 Å². The van der Waals surface area contributed by atoms with Crippen molar-refractivity contribution in [1.82, 2.24) is 39.7 Å². The zero-order valence-corrected chi connectivity index (χ0v) is 21.5. The van der Waals surface area contributed by atoms with Crippen molar-refractivity contribution in [2.24, 2.45) is 0 Å². The van der Waals surface area contributed by atoms with Crippen LogP contribution in [0.3, 0.4) is 0 Å². The topological polar surface area (TPSA) is 138 Å². The molecule has 4 aromatic heterocycles. The van der Waals surface area contributed by atoms with Crippen molar-refractivity contribution >= 4 is 17.5 Å². The minimum Gasteiger partial charge on any atom is -0.373 e. The molecule has 13 heteroatoms. The van der Waals surface area contributed by atoms with Gasteiger partial charge in [0.1, 0.15) is 11.9 Å². The molecule has 39 heavy (non-hydrogen) atoms. The fourth-order valence-electron chi connectivity index (χ4n) is 5.01. The second-order valence-electron chi connectivity index (χ2n) is 10.1. The third-order valence-electron chi connectivity index (χ3n) is 7.26. The van der Waals surface area contributed by atoms with Gasteiger partial charge in [-0.3, -0.25) is 9.48 Å². The molecule has 3 atom stereocenters. The van der Waals surface area contributed by atoms with Gasteiger partial charge in [-0.1, -0.05) is 11.2 Å². The molecule has 0 aromatic carbocycles. The number of carbonyl (C=O) groups is 1. The molecule has 0 bridgehead atoms. The number of aromatic nitrogens is 6. The molecule has 0 radical (unpaired) electrons. The monoisotopic (exact) mass is 533 g/mol. The van der Waals surface area contributed by atoms with Crippen LogP contribution in [0.4, 0.5) is 16.0 Å². The van der Waals surface area contributed by atoms with E-state index in [1.54, 1.807) is 54.6 Å². The summed E-state index contributed by atoms with van der Waals surface area (Å²) in [6.45, 7) is 1.63. The summed E-state index contributed by atoms with van der Waals surface area (Å²) in [5.74, 6) is 0.0102. The van der Waals surface area contributed by atoms with Crippen molar-refractivity contribution in [3.05, 3.63) is 54.7 Å². The third kappa shape index (κ3) is 4.74. The van der Waals surface area contributed by atoms with E-state index in [4.69, 9.17) is 4.52 Å². The van der Waals surface area contributed by atoms with Gasteiger partial charge in [-0.2, -0.15) is 5.10 Å². The van der Waals surface area contributed by atoms with Gasteiger partial charge in [0.05, 0.1) is 35.0 Å². The molecule has 1 amide bonds. The lowest BCUT2D eigenvalue weighted by molar-refractivity contribution is -0.144. The summed E-state index contributed by atoms with van der Waals surface area (Å²) in [4.78, 5) is 29.4. The van der Waals surface area contributed by atoms with Crippen LogP contribution in [0.5, 0.6) is 0 Å². The Bertz CT molecular complexity index is 1510. The van der Waals surface area contributed by atoms with E-state index < -0.39 is 17.7 Å². The number of nitrogens with one attached hydrogen (secondary N) is 1. The molecule has 4 aromatic rings. The number of carbonyl (C=O) groups excluding carboxylic acids is 1. The molecule has 6 rings (SSSR count). The van der Waals surface area contributed by atoms with E-state index in [0.29, 0.717) is 53.9 Å². The van der Waals surface area contributed by atoms with Gasteiger partial charge in [-0.25, -0.2) is 19.3 Å². The van der Waals surface area contributed by atoms with Gasteiger partial charge in [0.2, 0.25) is 11.5 Å². The van der Waals surface area contributed by atoms with Crippen LogP contribution >= 0.6 is 0 Å². The fourth-order valence-corrected chi connectivity index (χ4v) is 5.01. The Balaban J connectivity index is 1.19. The van der Waals surface area contributed by atoms with E-state index in [0.717, 1.165) is 6.54 Å². The highest BCUT2D eigenvalue weighted by molar-refractivity contribution is 5.87. The Kier molecular flexibility index (Phi) is 6.31. The molecule has 2 N–H and O–H groups in total. The molecule has 1 unspecified atom stereocenters. The van der Waals surface area contributed by atoms with Crippen molar-refractivity contribution in [3.63, 3.8) is 0 Å². The van der Waals surface area contributed by atoms with Crippen LogP contribution in [0, 0.1) is 0 Å². The maximum absolute atomic E-state index is 14.6. The molecule has 6 heterocycles. The lowest BCUT2D eigenvalue weighted by atomic mass is 9.98. The number of rotatable bonds is 6. The molecular weight excluding hydrogens is 505 g/mol. The minimum atomic E-state index is -1.73. The number of halogens is 1. The van der Waals surface area contributed by atoms with Crippen LogP contribution in [0.25, 0.3) is 22.8 Å². The number of amides is 1. The lowest BCUT2D eigenvalue weighted by Gasteiger charge is -2.32. The quantitative estimate of drug-likeness (QED) is 0.380. The van der Waals surface area contributed by atoms with E-state index in [9.17, 15) is 14.3 Å². The first-order chi connectivity index (χ1) is 18.8. The normalized spacial score (nSPS) is 23.9. The van der Waals surface area contributed by atoms with Gasteiger partial charge in [-0.15, -0.1) is 0 Å². The lowest BCUT2D eigenvalue weighted by Crippen LogP contribution is -2.40. The molecule has 2 aliphatic heterocycles. The van der Waals surface area contributed by atoms with E-state index in [-0.39, 0.29) is 18.2 Å². The molecule has 0 spiro atoms. The number of hydrogen-bond donors (Lipinski definition) is 2. The smallest absolute Gasteiger partial charge is 0.262 e. The van der Waals surface area contributed by atoms with Crippen LogP contribution in [0.15, 0.2) is 53.4 Å². The highest BCUT2D eigenvalue weighted by atomic mass is 19.1. The number of nitrogens with zero attached hydrogens (tertiary/aromatic N) is 8. The summed E-state index contributed by atoms with van der Waals surface area (Å²) in [6, 6.07) is 8.34. The molecule has 2 saturated heterocycles. The summed E-state index contributed by atoms with van der Waals surface area (Å²) < 4.78 is 21.6. The third-order valence-corrected chi connectivity index (χ3v) is 7.26. The SMILES string of the molecule is CN1CC[C@H](n2cc(Nc3nccc(-c4cccc(-c5cc(C6(O)CCN(C)C6=O)on5)n4)n3)cn2)[C@@H](F)C1. The molecule has 0 saturated carbocycles. The van der Waals surface area contributed by atoms with Gasteiger partial charge in [-0.05, 0) is 31.7 Å². The maximum Gasteiger partial charge on any atom is 0.262 e. The van der Waals surface area contributed by atoms with Crippen molar-refractivity contribution in [2.45, 2.75) is 30.7 Å². The van der Waals surface area contributed by atoms with Crippen LogP contribution in [-0.4, -0.2) is 90.6 Å². The average molecular weight is 534 g/mol. The Morgan fingerprint density at radius 1 is 1.13 bits per heavy atom. The largest absolute Gasteiger partial charge is 0.373 e. The van der Waals surface area contributed by atoms with Crippen molar-refractivity contribution < 1.29 is 18.8 Å². The van der Waals surface area contributed by atoms with Gasteiger partial charge < -0.3 is 24.7 Å². The Hall–Kier alpha value is -4.23. The summed E-state index contributed by atoms with van der Waals surface area (Å²) >= 11 is 0. The van der Waals surface area contributed by atoms with Crippen LogP contribution in [0.2, 0.25) is 0 Å². The molecule has 2 fully saturated rings. The number of hydrogen-bond acceptors (Lipinski definition) is 10. The number of pyridine rings is 1. The molecule has 12 nitrogen and oxygen atoms in total. The summed E-state index contributed by atoms with van der Waals surface area (Å²) in [7, 11) is 3.55. The summed E-state index contributed by atoms with van der Waals surface area (Å²) in [5, 5.41) is 22.4. The molecule has 0 aliphatic carbocycles. The number of piperidine rings is 1. The number of aliphatic hydroxyl groups is 1. The average Bonchev–Trinajstić information content (AvgIpc) is 3.67. The first-order valence-corrected chi connectivity index (χ1v) is 12.7. The highest BCUT2D eigenvalue weighted by Gasteiger charge is 2.48. The van der Waals surface area contributed by atoms with Gasteiger partial charge in [0, 0.05) is 51.6 Å². The second-order valence-corrected chi connectivity index (χ2v) is 10.1. The predicted octanol–water partition coefficient (Wildman–Crippen LogP) is 2.40. The number of alkyl halides is 1.